The van der Waals surface area contributed by atoms with E-state index in [1.165, 1.54) is 28.6 Å². The largest absolute Gasteiger partial charge is 0.452 e. The molecular weight excluding hydrogens is 404 g/mol. The predicted molar refractivity (Wildman–Crippen MR) is 114 cm³/mol. The van der Waals surface area contributed by atoms with Crippen LogP contribution in [0, 0.1) is 6.92 Å². The van der Waals surface area contributed by atoms with Crippen LogP contribution in [0.4, 0.5) is 5.69 Å². The number of nitrogens with zero attached hydrogens (tertiary/aromatic N) is 1. The third kappa shape index (κ3) is 5.67. The maximum absolute atomic E-state index is 12.9. The summed E-state index contributed by atoms with van der Waals surface area (Å²) in [6, 6.07) is 13.0. The molecule has 0 atom stereocenters. The predicted octanol–water partition coefficient (Wildman–Crippen LogP) is 3.36. The molecule has 0 aromatic heterocycles. The number of nitrogens with one attached hydrogen (secondary N) is 1. The van der Waals surface area contributed by atoms with Crippen LogP contribution in [0.2, 0.25) is 0 Å². The van der Waals surface area contributed by atoms with Gasteiger partial charge in [-0.25, -0.2) is 13.2 Å². The van der Waals surface area contributed by atoms with Crippen molar-refractivity contribution in [1.29, 1.82) is 0 Å². The van der Waals surface area contributed by atoms with Gasteiger partial charge in [0.25, 0.3) is 5.91 Å². The van der Waals surface area contributed by atoms with Crippen molar-refractivity contribution in [3.63, 3.8) is 0 Å². The zero-order chi connectivity index (χ0) is 21.6. The van der Waals surface area contributed by atoms with Crippen molar-refractivity contribution in [3.05, 3.63) is 59.7 Å². The van der Waals surface area contributed by atoms with E-state index in [2.05, 4.69) is 5.32 Å². The number of hydrogen-bond acceptors (Lipinski definition) is 5. The summed E-state index contributed by atoms with van der Waals surface area (Å²) in [4.78, 5) is 24.4. The van der Waals surface area contributed by atoms with Gasteiger partial charge < -0.3 is 10.1 Å². The number of aryl methyl sites for hydroxylation is 1. The molecule has 0 unspecified atom stereocenters. The highest BCUT2D eigenvalue weighted by atomic mass is 32.2. The molecule has 160 valence electrons. The Labute approximate surface area is 177 Å². The monoisotopic (exact) mass is 430 g/mol. The molecule has 2 aromatic rings. The minimum atomic E-state index is -3.67. The first-order valence-corrected chi connectivity index (χ1v) is 11.4. The van der Waals surface area contributed by atoms with Crippen molar-refractivity contribution in [1.82, 2.24) is 4.31 Å². The molecule has 2 aromatic carbocycles. The van der Waals surface area contributed by atoms with Crippen LogP contribution in [0.5, 0.6) is 0 Å². The summed E-state index contributed by atoms with van der Waals surface area (Å²) in [5.74, 6) is -1.22. The van der Waals surface area contributed by atoms with E-state index < -0.39 is 28.5 Å². The van der Waals surface area contributed by atoms with Gasteiger partial charge in [-0.15, -0.1) is 0 Å². The number of amides is 1. The van der Waals surface area contributed by atoms with E-state index >= 15 is 0 Å². The standard InChI is InChI=1S/C22H26N2O5S/c1-17-9-11-19(12-10-17)23-21(25)16-29-22(26)18-7-6-8-20(15-18)30(27,28)24-13-4-2-3-5-14-24/h6-12,15H,2-5,13-14,16H2,1H3,(H,23,25). The van der Waals surface area contributed by atoms with Gasteiger partial charge in [0.2, 0.25) is 10.0 Å². The van der Waals surface area contributed by atoms with Crippen LogP contribution in [-0.2, 0) is 19.6 Å². The molecule has 30 heavy (non-hydrogen) atoms. The van der Waals surface area contributed by atoms with Gasteiger partial charge in [-0.2, -0.15) is 4.31 Å². The van der Waals surface area contributed by atoms with Gasteiger partial charge in [-0.1, -0.05) is 36.6 Å². The molecule has 1 heterocycles. The van der Waals surface area contributed by atoms with Gasteiger partial charge in [-0.3, -0.25) is 4.79 Å². The SMILES string of the molecule is Cc1ccc(NC(=O)COC(=O)c2cccc(S(=O)(=O)N3CCCCCC3)c2)cc1. The van der Waals surface area contributed by atoms with Gasteiger partial charge in [0.1, 0.15) is 0 Å². The maximum atomic E-state index is 12.9. The molecule has 7 nitrogen and oxygen atoms in total. The summed E-state index contributed by atoms with van der Waals surface area (Å²) < 4.78 is 32.4. The maximum Gasteiger partial charge on any atom is 0.338 e. The average Bonchev–Trinajstić information content (AvgIpc) is 3.04. The first-order chi connectivity index (χ1) is 14.4. The normalized spacial score (nSPS) is 15.2. The minimum absolute atomic E-state index is 0.0583. The van der Waals surface area contributed by atoms with Crippen LogP contribution in [0.15, 0.2) is 53.4 Å². The zero-order valence-corrected chi connectivity index (χ0v) is 17.8. The van der Waals surface area contributed by atoms with E-state index in [0.29, 0.717) is 18.8 Å². The summed E-state index contributed by atoms with van der Waals surface area (Å²) in [6.45, 7) is 2.44. The second-order valence-corrected chi connectivity index (χ2v) is 9.27. The molecule has 1 aliphatic rings. The van der Waals surface area contributed by atoms with Gasteiger partial charge in [0.05, 0.1) is 10.5 Å². The summed E-state index contributed by atoms with van der Waals surface area (Å²) in [6.07, 6.45) is 3.69. The van der Waals surface area contributed by atoms with Crippen molar-refractivity contribution < 1.29 is 22.7 Å². The van der Waals surface area contributed by atoms with E-state index in [1.807, 2.05) is 19.1 Å². The molecule has 1 aliphatic heterocycles. The molecule has 3 rings (SSSR count). The summed E-state index contributed by atoms with van der Waals surface area (Å²) >= 11 is 0. The van der Waals surface area contributed by atoms with Crippen molar-refractivity contribution in [3.8, 4) is 0 Å². The van der Waals surface area contributed by atoms with E-state index in [1.54, 1.807) is 12.1 Å². The molecule has 0 aliphatic carbocycles. The number of sulfonamides is 1. The second kappa shape index (κ2) is 9.86. The number of esters is 1. The van der Waals surface area contributed by atoms with Crippen LogP contribution in [0.1, 0.15) is 41.6 Å². The van der Waals surface area contributed by atoms with Gasteiger partial charge in [0, 0.05) is 18.8 Å². The molecule has 0 spiro atoms. The highest BCUT2D eigenvalue weighted by Crippen LogP contribution is 2.21. The van der Waals surface area contributed by atoms with Gasteiger partial charge in [-0.05, 0) is 50.1 Å². The van der Waals surface area contributed by atoms with Crippen molar-refractivity contribution in [2.75, 3.05) is 25.0 Å². The molecule has 0 bridgehead atoms. The van der Waals surface area contributed by atoms with Crippen LogP contribution >= 0.6 is 0 Å². The van der Waals surface area contributed by atoms with Crippen LogP contribution in [-0.4, -0.2) is 44.3 Å². The highest BCUT2D eigenvalue weighted by molar-refractivity contribution is 7.89. The molecule has 1 fully saturated rings. The van der Waals surface area contributed by atoms with Crippen molar-refractivity contribution in [2.24, 2.45) is 0 Å². The summed E-state index contributed by atoms with van der Waals surface area (Å²) in [7, 11) is -3.67. The van der Waals surface area contributed by atoms with Crippen LogP contribution in [0.3, 0.4) is 0 Å². The number of hydrogen-bond donors (Lipinski definition) is 1. The fraction of sp³-hybridized carbons (Fsp3) is 0.364. The third-order valence-corrected chi connectivity index (χ3v) is 6.84. The summed E-state index contributed by atoms with van der Waals surface area (Å²) in [5, 5.41) is 2.64. The van der Waals surface area contributed by atoms with Gasteiger partial charge >= 0.3 is 5.97 Å². The average molecular weight is 431 g/mol. The molecular formula is C22H26N2O5S. The smallest absolute Gasteiger partial charge is 0.338 e. The van der Waals surface area contributed by atoms with Gasteiger partial charge in [0.15, 0.2) is 6.61 Å². The number of carbonyl (C=O) groups is 2. The molecule has 0 saturated carbocycles. The Hall–Kier alpha value is -2.71. The van der Waals surface area contributed by atoms with E-state index in [-0.39, 0.29) is 10.5 Å². The Kier molecular flexibility index (Phi) is 7.23. The lowest BCUT2D eigenvalue weighted by molar-refractivity contribution is -0.119. The zero-order valence-electron chi connectivity index (χ0n) is 17.0. The fourth-order valence-corrected chi connectivity index (χ4v) is 4.83. The highest BCUT2D eigenvalue weighted by Gasteiger charge is 2.26. The fourth-order valence-electron chi connectivity index (χ4n) is 3.26. The number of rotatable bonds is 6. The first-order valence-electron chi connectivity index (χ1n) is 10.00. The number of anilines is 1. The first kappa shape index (κ1) is 22.0. The number of carbonyl (C=O) groups excluding carboxylic acids is 2. The number of benzene rings is 2. The lowest BCUT2D eigenvalue weighted by Crippen LogP contribution is -2.32. The Balaban J connectivity index is 1.62. The quantitative estimate of drug-likeness (QED) is 0.710. The Morgan fingerprint density at radius 1 is 1.00 bits per heavy atom. The van der Waals surface area contributed by atoms with Crippen molar-refractivity contribution >= 4 is 27.6 Å². The van der Waals surface area contributed by atoms with Crippen LogP contribution < -0.4 is 5.32 Å². The Morgan fingerprint density at radius 2 is 1.67 bits per heavy atom. The van der Waals surface area contributed by atoms with E-state index in [4.69, 9.17) is 4.74 Å². The molecule has 1 N–H and O–H groups in total. The topological polar surface area (TPSA) is 92.8 Å². The lowest BCUT2D eigenvalue weighted by Gasteiger charge is -2.20. The summed E-state index contributed by atoms with van der Waals surface area (Å²) in [5.41, 5.74) is 1.76. The van der Waals surface area contributed by atoms with E-state index in [9.17, 15) is 18.0 Å². The molecule has 8 heteroatoms. The van der Waals surface area contributed by atoms with E-state index in [0.717, 1.165) is 31.2 Å². The Morgan fingerprint density at radius 3 is 2.33 bits per heavy atom. The minimum Gasteiger partial charge on any atom is -0.452 e. The Bertz CT molecular complexity index is 994. The van der Waals surface area contributed by atoms with Crippen molar-refractivity contribution in [2.45, 2.75) is 37.5 Å². The lowest BCUT2D eigenvalue weighted by atomic mass is 10.2. The number of ether oxygens (including phenoxy) is 1. The van der Waals surface area contributed by atoms with Crippen LogP contribution in [0.25, 0.3) is 0 Å². The molecule has 1 amide bonds. The molecule has 0 radical (unpaired) electrons. The molecule has 1 saturated heterocycles. The third-order valence-electron chi connectivity index (χ3n) is 4.94. The second-order valence-electron chi connectivity index (χ2n) is 7.34.